The Kier molecular flexibility index (Phi) is 5.13. The van der Waals surface area contributed by atoms with E-state index >= 15 is 0 Å². The number of hydrogen-bond donors (Lipinski definition) is 1. The second kappa shape index (κ2) is 6.87. The zero-order valence-electron chi connectivity index (χ0n) is 12.5. The molecule has 5 nitrogen and oxygen atoms in total. The Balaban J connectivity index is 2.10. The van der Waals surface area contributed by atoms with E-state index in [0.717, 1.165) is 0 Å². The Morgan fingerprint density at radius 3 is 2.77 bits per heavy atom. The zero-order valence-corrected chi connectivity index (χ0v) is 12.5. The number of amides is 1. The van der Waals surface area contributed by atoms with Crippen LogP contribution in [0.1, 0.15) is 18.4 Å². The molecule has 6 heteroatoms. The van der Waals surface area contributed by atoms with Crippen molar-refractivity contribution in [3.05, 3.63) is 35.6 Å². The van der Waals surface area contributed by atoms with Gasteiger partial charge in [0.05, 0.1) is 13.0 Å². The molecule has 0 radical (unpaired) electrons. The van der Waals surface area contributed by atoms with Crippen LogP contribution in [0, 0.1) is 11.2 Å². The van der Waals surface area contributed by atoms with Crippen LogP contribution in [0.5, 0.6) is 0 Å². The van der Waals surface area contributed by atoms with Gasteiger partial charge in [-0.05, 0) is 24.5 Å². The summed E-state index contributed by atoms with van der Waals surface area (Å²) in [5, 5.41) is 9.48. The maximum absolute atomic E-state index is 13.6. The SMILES string of the molecule is COCC1(C(=O)O)CCCN(C(=O)Cc2ccccc2F)C1. The summed E-state index contributed by atoms with van der Waals surface area (Å²) in [6.07, 6.45) is 1.01. The summed E-state index contributed by atoms with van der Waals surface area (Å²) >= 11 is 0. The van der Waals surface area contributed by atoms with E-state index in [0.29, 0.717) is 24.9 Å². The highest BCUT2D eigenvalue weighted by molar-refractivity contribution is 5.81. The van der Waals surface area contributed by atoms with Crippen LogP contribution in [-0.2, 0) is 20.7 Å². The molecule has 1 aliphatic rings. The van der Waals surface area contributed by atoms with Crippen molar-refractivity contribution in [1.29, 1.82) is 0 Å². The lowest BCUT2D eigenvalue weighted by Gasteiger charge is -2.39. The first-order chi connectivity index (χ1) is 10.5. The van der Waals surface area contributed by atoms with Crippen LogP contribution in [0.2, 0.25) is 0 Å². The molecule has 1 aromatic carbocycles. The van der Waals surface area contributed by atoms with Crippen molar-refractivity contribution in [2.75, 3.05) is 26.8 Å². The van der Waals surface area contributed by atoms with Gasteiger partial charge in [0.2, 0.25) is 5.91 Å². The van der Waals surface area contributed by atoms with E-state index in [1.807, 2.05) is 0 Å². The van der Waals surface area contributed by atoms with Crippen molar-refractivity contribution < 1.29 is 23.8 Å². The molecule has 1 fully saturated rings. The smallest absolute Gasteiger partial charge is 0.313 e. The third-order valence-electron chi connectivity index (χ3n) is 4.10. The number of rotatable bonds is 5. The van der Waals surface area contributed by atoms with E-state index in [1.165, 1.54) is 18.1 Å². The van der Waals surface area contributed by atoms with Crippen LogP contribution >= 0.6 is 0 Å². The number of aliphatic carboxylic acids is 1. The fourth-order valence-corrected chi connectivity index (χ4v) is 2.89. The third kappa shape index (κ3) is 3.44. The van der Waals surface area contributed by atoms with E-state index in [2.05, 4.69) is 0 Å². The lowest BCUT2D eigenvalue weighted by molar-refractivity contribution is -0.159. The predicted octanol–water partition coefficient (Wildman–Crippen LogP) is 1.71. The number of carboxylic acids is 1. The van der Waals surface area contributed by atoms with Gasteiger partial charge in [-0.25, -0.2) is 4.39 Å². The van der Waals surface area contributed by atoms with Gasteiger partial charge in [0.15, 0.2) is 0 Å². The summed E-state index contributed by atoms with van der Waals surface area (Å²) in [4.78, 5) is 25.4. The first kappa shape index (κ1) is 16.4. The molecule has 120 valence electrons. The number of nitrogens with zero attached hydrogens (tertiary/aromatic N) is 1. The molecule has 1 heterocycles. The number of hydrogen-bond acceptors (Lipinski definition) is 3. The first-order valence-corrected chi connectivity index (χ1v) is 7.22. The molecule has 22 heavy (non-hydrogen) atoms. The Labute approximate surface area is 128 Å². The second-order valence-corrected chi connectivity index (χ2v) is 5.71. The molecule has 1 N–H and O–H groups in total. The number of carboxylic acid groups (broad SMARTS) is 1. The quantitative estimate of drug-likeness (QED) is 0.899. The third-order valence-corrected chi connectivity index (χ3v) is 4.10. The molecule has 0 spiro atoms. The van der Waals surface area contributed by atoms with Gasteiger partial charge in [-0.2, -0.15) is 0 Å². The zero-order chi connectivity index (χ0) is 16.2. The van der Waals surface area contributed by atoms with E-state index in [1.54, 1.807) is 18.2 Å². The monoisotopic (exact) mass is 309 g/mol. The van der Waals surface area contributed by atoms with Crippen molar-refractivity contribution in [2.45, 2.75) is 19.3 Å². The molecule has 1 aliphatic heterocycles. The number of halogens is 1. The van der Waals surface area contributed by atoms with Crippen molar-refractivity contribution in [1.82, 2.24) is 4.90 Å². The Bertz CT molecular complexity index is 559. The Hall–Kier alpha value is -1.95. The number of carbonyl (C=O) groups is 2. The molecular formula is C16H20FNO4. The van der Waals surface area contributed by atoms with Crippen LogP contribution in [0.25, 0.3) is 0 Å². The Morgan fingerprint density at radius 1 is 1.41 bits per heavy atom. The average molecular weight is 309 g/mol. The summed E-state index contributed by atoms with van der Waals surface area (Å²) in [6.45, 7) is 0.654. The average Bonchev–Trinajstić information content (AvgIpc) is 2.50. The van der Waals surface area contributed by atoms with Gasteiger partial charge in [0, 0.05) is 20.2 Å². The van der Waals surface area contributed by atoms with Crippen LogP contribution in [0.4, 0.5) is 4.39 Å². The van der Waals surface area contributed by atoms with Gasteiger partial charge >= 0.3 is 5.97 Å². The van der Waals surface area contributed by atoms with E-state index in [-0.39, 0.29) is 25.5 Å². The highest BCUT2D eigenvalue weighted by atomic mass is 19.1. The molecule has 0 aromatic heterocycles. The maximum atomic E-state index is 13.6. The molecular weight excluding hydrogens is 289 g/mol. The van der Waals surface area contributed by atoms with Crippen LogP contribution in [0.3, 0.4) is 0 Å². The fraction of sp³-hybridized carbons (Fsp3) is 0.500. The molecule has 0 aliphatic carbocycles. The van der Waals surface area contributed by atoms with Gasteiger partial charge in [0.25, 0.3) is 0 Å². The predicted molar refractivity (Wildman–Crippen MR) is 77.9 cm³/mol. The molecule has 0 bridgehead atoms. The van der Waals surface area contributed by atoms with Gasteiger partial charge in [-0.1, -0.05) is 18.2 Å². The highest BCUT2D eigenvalue weighted by Crippen LogP contribution is 2.31. The van der Waals surface area contributed by atoms with Gasteiger partial charge < -0.3 is 14.7 Å². The van der Waals surface area contributed by atoms with Crippen LogP contribution in [-0.4, -0.2) is 48.7 Å². The minimum Gasteiger partial charge on any atom is -0.481 e. The molecule has 1 unspecified atom stereocenters. The van der Waals surface area contributed by atoms with Crippen molar-refractivity contribution >= 4 is 11.9 Å². The normalized spacial score (nSPS) is 21.6. The van der Waals surface area contributed by atoms with Gasteiger partial charge in [0.1, 0.15) is 11.2 Å². The Morgan fingerprint density at radius 2 is 2.14 bits per heavy atom. The van der Waals surface area contributed by atoms with E-state index in [9.17, 15) is 19.1 Å². The summed E-state index contributed by atoms with van der Waals surface area (Å²) in [7, 11) is 1.45. The van der Waals surface area contributed by atoms with Gasteiger partial charge in [-0.3, -0.25) is 9.59 Å². The number of methoxy groups -OCH3 is 1. The maximum Gasteiger partial charge on any atom is 0.313 e. The number of likely N-dealkylation sites (tertiary alicyclic amines) is 1. The topological polar surface area (TPSA) is 66.8 Å². The first-order valence-electron chi connectivity index (χ1n) is 7.22. The molecule has 0 saturated carbocycles. The van der Waals surface area contributed by atoms with Crippen LogP contribution < -0.4 is 0 Å². The minimum atomic E-state index is -1.07. The lowest BCUT2D eigenvalue weighted by Crippen LogP contribution is -2.52. The standard InChI is InChI=1S/C16H20FNO4/c1-22-11-16(15(20)21)7-4-8-18(10-16)14(19)9-12-5-2-3-6-13(12)17/h2-3,5-6H,4,7-11H2,1H3,(H,20,21). The molecule has 1 saturated heterocycles. The number of ether oxygens (including phenoxy) is 1. The lowest BCUT2D eigenvalue weighted by atomic mass is 9.80. The van der Waals surface area contributed by atoms with E-state index in [4.69, 9.17) is 4.74 Å². The highest BCUT2D eigenvalue weighted by Gasteiger charge is 2.43. The minimum absolute atomic E-state index is 0.0602. The van der Waals surface area contributed by atoms with Crippen molar-refractivity contribution in [3.63, 3.8) is 0 Å². The molecule has 1 aromatic rings. The summed E-state index contributed by atoms with van der Waals surface area (Å²) in [5.41, 5.74) is -0.747. The number of piperidine rings is 1. The summed E-state index contributed by atoms with van der Waals surface area (Å²) < 4.78 is 18.7. The van der Waals surface area contributed by atoms with Gasteiger partial charge in [-0.15, -0.1) is 0 Å². The number of benzene rings is 1. The van der Waals surface area contributed by atoms with Crippen LogP contribution in [0.15, 0.2) is 24.3 Å². The van der Waals surface area contributed by atoms with Crippen molar-refractivity contribution in [2.24, 2.45) is 5.41 Å². The molecule has 1 amide bonds. The molecule has 2 rings (SSSR count). The fourth-order valence-electron chi connectivity index (χ4n) is 2.89. The summed E-state index contributed by atoms with van der Waals surface area (Å²) in [5.74, 6) is -1.64. The van der Waals surface area contributed by atoms with E-state index < -0.39 is 17.2 Å². The van der Waals surface area contributed by atoms with Crippen molar-refractivity contribution in [3.8, 4) is 0 Å². The molecule has 1 atom stereocenters. The summed E-state index contributed by atoms with van der Waals surface area (Å²) in [6, 6.07) is 6.12. The number of carbonyl (C=O) groups excluding carboxylic acids is 1. The second-order valence-electron chi connectivity index (χ2n) is 5.71. The largest absolute Gasteiger partial charge is 0.481 e.